The van der Waals surface area contributed by atoms with Crippen LogP contribution in [-0.4, -0.2) is 43.4 Å². The van der Waals surface area contributed by atoms with E-state index in [1.165, 1.54) is 19.2 Å². The Morgan fingerprint density at radius 1 is 1.40 bits per heavy atom. The fraction of sp³-hybridized carbons (Fsp3) is 0.417. The van der Waals surface area contributed by atoms with Crippen molar-refractivity contribution in [1.82, 2.24) is 4.31 Å². The van der Waals surface area contributed by atoms with E-state index in [-0.39, 0.29) is 11.7 Å². The molecule has 6 nitrogen and oxygen atoms in total. The number of rotatable bonds is 6. The van der Waals surface area contributed by atoms with Crippen LogP contribution in [0.5, 0.6) is 0 Å². The molecule has 1 aromatic rings. The lowest BCUT2D eigenvalue weighted by molar-refractivity contribution is -0.135. The third kappa shape index (κ3) is 3.84. The van der Waals surface area contributed by atoms with Crippen LogP contribution in [0.2, 0.25) is 5.02 Å². The first kappa shape index (κ1) is 16.7. The van der Waals surface area contributed by atoms with Gasteiger partial charge in [-0.05, 0) is 32.0 Å². The van der Waals surface area contributed by atoms with E-state index in [2.05, 4.69) is 0 Å². The van der Waals surface area contributed by atoms with Crippen molar-refractivity contribution in [3.63, 3.8) is 0 Å². The second kappa shape index (κ2) is 6.43. The number of hydrogen-bond acceptors (Lipinski definition) is 3. The van der Waals surface area contributed by atoms with Gasteiger partial charge in [-0.2, -0.15) is 12.7 Å². The Morgan fingerprint density at radius 2 is 2.00 bits per heavy atom. The van der Waals surface area contributed by atoms with E-state index in [0.717, 1.165) is 8.61 Å². The van der Waals surface area contributed by atoms with Crippen molar-refractivity contribution in [3.8, 4) is 0 Å². The summed E-state index contributed by atoms with van der Waals surface area (Å²) in [7, 11) is -2.54. The Kier molecular flexibility index (Phi) is 5.38. The molecule has 0 unspecified atom stereocenters. The van der Waals surface area contributed by atoms with Gasteiger partial charge in [-0.15, -0.1) is 0 Å². The highest BCUT2D eigenvalue weighted by atomic mass is 35.5. The Morgan fingerprint density at radius 3 is 2.45 bits per heavy atom. The fourth-order valence-corrected chi connectivity index (χ4v) is 3.16. The minimum absolute atomic E-state index is 0.215. The normalized spacial score (nSPS) is 11.9. The molecule has 0 amide bonds. The maximum atomic E-state index is 12.5. The van der Waals surface area contributed by atoms with Crippen molar-refractivity contribution < 1.29 is 18.3 Å². The van der Waals surface area contributed by atoms with Crippen molar-refractivity contribution in [2.45, 2.75) is 19.9 Å². The Labute approximate surface area is 123 Å². The van der Waals surface area contributed by atoms with Crippen LogP contribution < -0.4 is 4.31 Å². The Bertz CT molecular complexity index is 589. The molecule has 112 valence electrons. The summed E-state index contributed by atoms with van der Waals surface area (Å²) in [5, 5.41) is 9.27. The molecule has 0 aliphatic rings. The quantitative estimate of drug-likeness (QED) is 0.867. The number of aliphatic carboxylic acids is 1. The molecule has 0 saturated heterocycles. The number of anilines is 1. The SMILES string of the molecule is CC(C)N(C)S(=O)(=O)N(CC(=O)O)c1cccc(Cl)c1. The molecule has 20 heavy (non-hydrogen) atoms. The van der Waals surface area contributed by atoms with Gasteiger partial charge in [0.1, 0.15) is 6.54 Å². The maximum Gasteiger partial charge on any atom is 0.324 e. The number of carboxylic acid groups (broad SMARTS) is 1. The van der Waals surface area contributed by atoms with Crippen LogP contribution in [0.4, 0.5) is 5.69 Å². The Balaban J connectivity index is 3.29. The number of carboxylic acids is 1. The molecule has 0 heterocycles. The van der Waals surface area contributed by atoms with Gasteiger partial charge in [0.05, 0.1) is 5.69 Å². The van der Waals surface area contributed by atoms with Crippen LogP contribution in [0.3, 0.4) is 0 Å². The van der Waals surface area contributed by atoms with Crippen molar-refractivity contribution in [3.05, 3.63) is 29.3 Å². The molecule has 1 aromatic carbocycles. The van der Waals surface area contributed by atoms with Gasteiger partial charge in [-0.1, -0.05) is 17.7 Å². The zero-order chi connectivity index (χ0) is 15.5. The molecule has 0 radical (unpaired) electrons. The number of halogens is 1. The minimum Gasteiger partial charge on any atom is -0.480 e. The summed E-state index contributed by atoms with van der Waals surface area (Å²) < 4.78 is 26.9. The van der Waals surface area contributed by atoms with Crippen LogP contribution in [0.15, 0.2) is 24.3 Å². The van der Waals surface area contributed by atoms with Gasteiger partial charge in [0, 0.05) is 18.1 Å². The Hall–Kier alpha value is -1.31. The zero-order valence-corrected chi connectivity index (χ0v) is 13.0. The molecule has 8 heteroatoms. The molecule has 0 spiro atoms. The van der Waals surface area contributed by atoms with Crippen LogP contribution >= 0.6 is 11.6 Å². The van der Waals surface area contributed by atoms with E-state index in [9.17, 15) is 13.2 Å². The topological polar surface area (TPSA) is 77.9 Å². The standard InChI is InChI=1S/C12H17ClN2O4S/c1-9(2)14(3)20(18,19)15(8-12(16)17)11-6-4-5-10(13)7-11/h4-7,9H,8H2,1-3H3,(H,16,17). The molecule has 0 atom stereocenters. The number of carbonyl (C=O) groups is 1. The fourth-order valence-electron chi connectivity index (χ4n) is 1.48. The summed E-state index contributed by atoms with van der Waals surface area (Å²) in [6.07, 6.45) is 0. The second-order valence-electron chi connectivity index (χ2n) is 4.50. The summed E-state index contributed by atoms with van der Waals surface area (Å²) in [5.41, 5.74) is 0.215. The van der Waals surface area contributed by atoms with Crippen molar-refractivity contribution in [2.75, 3.05) is 17.9 Å². The molecular formula is C12H17ClN2O4S. The third-order valence-electron chi connectivity index (χ3n) is 2.74. The molecule has 0 saturated carbocycles. The van der Waals surface area contributed by atoms with Gasteiger partial charge in [-0.3, -0.25) is 4.79 Å². The highest BCUT2D eigenvalue weighted by Crippen LogP contribution is 2.24. The summed E-state index contributed by atoms with van der Waals surface area (Å²) in [5.74, 6) is -1.24. The molecule has 0 fully saturated rings. The summed E-state index contributed by atoms with van der Waals surface area (Å²) >= 11 is 5.84. The highest BCUT2D eigenvalue weighted by Gasteiger charge is 2.30. The van der Waals surface area contributed by atoms with Crippen LogP contribution in [-0.2, 0) is 15.0 Å². The molecule has 1 rings (SSSR count). The van der Waals surface area contributed by atoms with Gasteiger partial charge in [0.15, 0.2) is 0 Å². The lowest BCUT2D eigenvalue weighted by Crippen LogP contribution is -2.47. The highest BCUT2D eigenvalue weighted by molar-refractivity contribution is 7.90. The molecular weight excluding hydrogens is 304 g/mol. The first-order valence-electron chi connectivity index (χ1n) is 5.89. The number of hydrogen-bond donors (Lipinski definition) is 1. The summed E-state index contributed by atoms with van der Waals surface area (Å²) in [6.45, 7) is 2.74. The molecule has 0 aliphatic carbocycles. The second-order valence-corrected chi connectivity index (χ2v) is 6.85. The average molecular weight is 321 g/mol. The van der Waals surface area contributed by atoms with Crippen molar-refractivity contribution in [2.24, 2.45) is 0 Å². The van der Waals surface area contributed by atoms with Gasteiger partial charge in [-0.25, -0.2) is 4.31 Å². The summed E-state index contributed by atoms with van der Waals surface area (Å²) in [6, 6.07) is 5.77. The number of benzene rings is 1. The van der Waals surface area contributed by atoms with Crippen LogP contribution in [0, 0.1) is 0 Å². The van der Waals surface area contributed by atoms with Gasteiger partial charge in [0.2, 0.25) is 0 Å². The van der Waals surface area contributed by atoms with Gasteiger partial charge in [0.25, 0.3) is 0 Å². The smallest absolute Gasteiger partial charge is 0.324 e. The van der Waals surface area contributed by atoms with Crippen molar-refractivity contribution >= 4 is 33.5 Å². The lowest BCUT2D eigenvalue weighted by Gasteiger charge is -2.30. The van der Waals surface area contributed by atoms with Gasteiger partial charge < -0.3 is 5.11 Å². The van der Waals surface area contributed by atoms with E-state index in [1.54, 1.807) is 26.0 Å². The van der Waals surface area contributed by atoms with Gasteiger partial charge >= 0.3 is 16.2 Å². The van der Waals surface area contributed by atoms with Crippen molar-refractivity contribution in [1.29, 1.82) is 0 Å². The van der Waals surface area contributed by atoms with E-state index in [4.69, 9.17) is 16.7 Å². The predicted molar refractivity (Wildman–Crippen MR) is 78.3 cm³/mol. The monoisotopic (exact) mass is 320 g/mol. The first-order chi connectivity index (χ1) is 9.16. The maximum absolute atomic E-state index is 12.5. The van der Waals surface area contributed by atoms with Crippen LogP contribution in [0.1, 0.15) is 13.8 Å². The predicted octanol–water partition coefficient (Wildman–Crippen LogP) is 1.82. The van der Waals surface area contributed by atoms with E-state index in [0.29, 0.717) is 5.02 Å². The molecule has 0 aliphatic heterocycles. The first-order valence-corrected chi connectivity index (χ1v) is 7.66. The molecule has 0 bridgehead atoms. The van der Waals surface area contributed by atoms with E-state index < -0.39 is 22.7 Å². The average Bonchev–Trinajstić information content (AvgIpc) is 2.34. The number of nitrogens with zero attached hydrogens (tertiary/aromatic N) is 2. The molecule has 1 N–H and O–H groups in total. The zero-order valence-electron chi connectivity index (χ0n) is 11.4. The lowest BCUT2D eigenvalue weighted by atomic mass is 10.3. The summed E-state index contributed by atoms with van der Waals surface area (Å²) in [4.78, 5) is 10.9. The van der Waals surface area contributed by atoms with E-state index in [1.807, 2.05) is 0 Å². The minimum atomic E-state index is -3.94. The third-order valence-corrected chi connectivity index (χ3v) is 5.03. The largest absolute Gasteiger partial charge is 0.480 e. The van der Waals surface area contributed by atoms with Crippen LogP contribution in [0.25, 0.3) is 0 Å². The van der Waals surface area contributed by atoms with E-state index >= 15 is 0 Å². The molecule has 0 aromatic heterocycles.